The maximum Gasteiger partial charge on any atom is 0.198 e. The highest BCUT2D eigenvalue weighted by molar-refractivity contribution is 5.83. The van der Waals surface area contributed by atoms with Crippen LogP contribution in [0.25, 0.3) is 10.9 Å². The van der Waals surface area contributed by atoms with E-state index in [2.05, 4.69) is 55.8 Å². The van der Waals surface area contributed by atoms with Crippen molar-refractivity contribution in [2.75, 3.05) is 24.5 Å². The third-order valence-corrected chi connectivity index (χ3v) is 6.20. The van der Waals surface area contributed by atoms with E-state index in [1.807, 2.05) is 0 Å². The van der Waals surface area contributed by atoms with Crippen LogP contribution >= 0.6 is 0 Å². The Kier molecular flexibility index (Phi) is 6.02. The smallest absolute Gasteiger partial charge is 0.198 e. The molecule has 0 bridgehead atoms. The second-order valence-electron chi connectivity index (χ2n) is 7.65. The van der Waals surface area contributed by atoms with Gasteiger partial charge >= 0.3 is 0 Å². The first-order valence-electron chi connectivity index (χ1n) is 10.3. The van der Waals surface area contributed by atoms with E-state index in [9.17, 15) is 4.79 Å². The second kappa shape index (κ2) is 8.26. The third kappa shape index (κ3) is 3.66. The molecule has 4 heteroatoms. The van der Waals surface area contributed by atoms with Crippen molar-refractivity contribution in [2.45, 2.75) is 66.0 Å². The average molecular weight is 357 g/mol. The number of hydrogen-bond donors (Lipinski definition) is 2. The number of aromatic nitrogens is 1. The van der Waals surface area contributed by atoms with E-state index in [-0.39, 0.29) is 5.43 Å². The minimum absolute atomic E-state index is 0.221. The number of pyridine rings is 1. The number of aryl methyl sites for hydroxylation is 1. The van der Waals surface area contributed by atoms with E-state index >= 15 is 0 Å². The largest absolute Gasteiger partial charge is 0.372 e. The van der Waals surface area contributed by atoms with Gasteiger partial charge in [0.1, 0.15) is 6.54 Å². The molecule has 0 saturated carbocycles. The molecule has 26 heavy (non-hydrogen) atoms. The van der Waals surface area contributed by atoms with Gasteiger partial charge in [-0.15, -0.1) is 0 Å². The zero-order valence-electron chi connectivity index (χ0n) is 16.8. The predicted molar refractivity (Wildman–Crippen MR) is 110 cm³/mol. The van der Waals surface area contributed by atoms with Gasteiger partial charge in [0.2, 0.25) is 0 Å². The molecule has 1 aromatic carbocycles. The van der Waals surface area contributed by atoms with Crippen molar-refractivity contribution in [3.63, 3.8) is 0 Å². The average Bonchev–Trinajstić information content (AvgIpc) is 2.66. The van der Waals surface area contributed by atoms with Crippen molar-refractivity contribution < 1.29 is 4.90 Å². The molecule has 2 heterocycles. The van der Waals surface area contributed by atoms with Crippen LogP contribution in [0.15, 0.2) is 23.0 Å². The number of piperidine rings is 1. The molecule has 142 valence electrons. The monoisotopic (exact) mass is 356 g/mol. The molecular weight excluding hydrogens is 322 g/mol. The summed E-state index contributed by atoms with van der Waals surface area (Å²) >= 11 is 0. The Morgan fingerprint density at radius 3 is 2.65 bits per heavy atom. The molecule has 3 rings (SSSR count). The molecule has 1 aliphatic heterocycles. The highest BCUT2D eigenvalue weighted by Gasteiger charge is 2.26. The summed E-state index contributed by atoms with van der Waals surface area (Å²) in [6.45, 7) is 12.6. The number of H-pyrrole nitrogens is 1. The quantitative estimate of drug-likeness (QED) is 0.835. The summed E-state index contributed by atoms with van der Waals surface area (Å²) in [5.41, 5.74) is 4.32. The van der Waals surface area contributed by atoms with Crippen LogP contribution in [-0.2, 0) is 6.54 Å². The number of nitrogens with one attached hydrogen (secondary N) is 2. The lowest BCUT2D eigenvalue weighted by Gasteiger charge is -2.32. The fraction of sp³-hybridized carbons (Fsp3) is 0.591. The van der Waals surface area contributed by atoms with Crippen LogP contribution in [-0.4, -0.2) is 30.7 Å². The Morgan fingerprint density at radius 1 is 1.19 bits per heavy atom. The van der Waals surface area contributed by atoms with Crippen molar-refractivity contribution in [3.05, 3.63) is 39.7 Å². The first-order valence-corrected chi connectivity index (χ1v) is 10.3. The second-order valence-corrected chi connectivity index (χ2v) is 7.65. The Bertz CT molecular complexity index is 807. The first kappa shape index (κ1) is 19.0. The summed E-state index contributed by atoms with van der Waals surface area (Å²) in [7, 11) is 0. The molecular formula is C22H34N3O+. The fourth-order valence-electron chi connectivity index (χ4n) is 4.54. The van der Waals surface area contributed by atoms with Crippen molar-refractivity contribution in [1.29, 1.82) is 0 Å². The normalized spacial score (nSPS) is 20.5. The van der Waals surface area contributed by atoms with Gasteiger partial charge in [0.25, 0.3) is 0 Å². The van der Waals surface area contributed by atoms with Crippen molar-refractivity contribution in [2.24, 2.45) is 0 Å². The van der Waals surface area contributed by atoms with Crippen LogP contribution in [0.2, 0.25) is 0 Å². The van der Waals surface area contributed by atoms with Gasteiger partial charge in [0, 0.05) is 35.4 Å². The van der Waals surface area contributed by atoms with Crippen molar-refractivity contribution >= 4 is 16.6 Å². The molecule has 0 spiro atoms. The first-order chi connectivity index (χ1) is 12.6. The van der Waals surface area contributed by atoms with Crippen LogP contribution in [0.5, 0.6) is 0 Å². The fourth-order valence-corrected chi connectivity index (χ4v) is 4.54. The standard InChI is InChI=1S/C22H33N3O/c1-5-17-10-8-9-13-25(17)15-20-16(4)23-21-12-11-18(24(6-2)7-3)14-19(21)22(20)26/h11-12,14,17H,5-10,13,15H2,1-4H3,(H,23,26)/p+1/t17-/m0/s1. The molecule has 0 aliphatic carbocycles. The van der Waals surface area contributed by atoms with Gasteiger partial charge in [0.05, 0.1) is 18.2 Å². The Balaban J connectivity index is 2.01. The number of hydrogen-bond acceptors (Lipinski definition) is 2. The summed E-state index contributed by atoms with van der Waals surface area (Å²) in [6, 6.07) is 6.95. The minimum Gasteiger partial charge on any atom is -0.372 e. The predicted octanol–water partition coefficient (Wildman–Crippen LogP) is 3.03. The maximum atomic E-state index is 13.3. The summed E-state index contributed by atoms with van der Waals surface area (Å²) in [4.78, 5) is 20.7. The summed E-state index contributed by atoms with van der Waals surface area (Å²) in [5.74, 6) is 0. The van der Waals surface area contributed by atoms with Crippen LogP contribution in [0.1, 0.15) is 57.7 Å². The Morgan fingerprint density at radius 2 is 1.96 bits per heavy atom. The van der Waals surface area contributed by atoms with E-state index in [0.29, 0.717) is 6.04 Å². The maximum absolute atomic E-state index is 13.3. The number of fused-ring (bicyclic) bond motifs is 1. The number of nitrogens with zero attached hydrogens (tertiary/aromatic N) is 1. The molecule has 1 saturated heterocycles. The van der Waals surface area contributed by atoms with E-state index in [0.717, 1.165) is 47.5 Å². The number of benzene rings is 1. The van der Waals surface area contributed by atoms with Crippen LogP contribution < -0.4 is 15.2 Å². The van der Waals surface area contributed by atoms with Crippen LogP contribution in [0.4, 0.5) is 5.69 Å². The van der Waals surface area contributed by atoms with E-state index < -0.39 is 0 Å². The van der Waals surface area contributed by atoms with Gasteiger partial charge in [-0.2, -0.15) is 0 Å². The van der Waals surface area contributed by atoms with E-state index in [1.54, 1.807) is 4.90 Å². The van der Waals surface area contributed by atoms with Gasteiger partial charge in [-0.05, 0) is 64.7 Å². The molecule has 1 unspecified atom stereocenters. The number of anilines is 1. The van der Waals surface area contributed by atoms with Crippen molar-refractivity contribution in [1.82, 2.24) is 4.98 Å². The molecule has 2 aromatic rings. The Labute approximate surface area is 157 Å². The van der Waals surface area contributed by atoms with Gasteiger partial charge in [-0.25, -0.2) is 0 Å². The molecule has 1 aromatic heterocycles. The highest BCUT2D eigenvalue weighted by Crippen LogP contribution is 2.20. The van der Waals surface area contributed by atoms with E-state index in [4.69, 9.17) is 0 Å². The van der Waals surface area contributed by atoms with Crippen LogP contribution in [0.3, 0.4) is 0 Å². The zero-order chi connectivity index (χ0) is 18.7. The van der Waals surface area contributed by atoms with Gasteiger partial charge in [-0.3, -0.25) is 4.79 Å². The number of quaternary nitrogens is 1. The topological polar surface area (TPSA) is 40.5 Å². The summed E-state index contributed by atoms with van der Waals surface area (Å²) in [5, 5.41) is 0.833. The molecule has 4 nitrogen and oxygen atoms in total. The lowest BCUT2D eigenvalue weighted by atomic mass is 9.98. The minimum atomic E-state index is 0.221. The highest BCUT2D eigenvalue weighted by atomic mass is 16.1. The number of aromatic amines is 1. The lowest BCUT2D eigenvalue weighted by Crippen LogP contribution is -3.15. The van der Waals surface area contributed by atoms with Gasteiger partial charge in [-0.1, -0.05) is 6.92 Å². The zero-order valence-corrected chi connectivity index (χ0v) is 16.8. The number of likely N-dealkylation sites (tertiary alicyclic amines) is 1. The Hall–Kier alpha value is -1.81. The third-order valence-electron chi connectivity index (χ3n) is 6.20. The lowest BCUT2D eigenvalue weighted by molar-refractivity contribution is -0.944. The molecule has 0 radical (unpaired) electrons. The molecule has 0 amide bonds. The van der Waals surface area contributed by atoms with Gasteiger partial charge < -0.3 is 14.8 Å². The summed E-state index contributed by atoms with van der Waals surface area (Å²) < 4.78 is 0. The van der Waals surface area contributed by atoms with Crippen molar-refractivity contribution in [3.8, 4) is 0 Å². The number of rotatable bonds is 6. The molecule has 1 fully saturated rings. The molecule has 1 aliphatic rings. The SMILES string of the molecule is CC[C@H]1CCCC[NH+]1Cc1c(C)[nH]c2ccc(N(CC)CC)cc2c1=O. The molecule has 2 N–H and O–H groups in total. The van der Waals surface area contributed by atoms with Gasteiger partial charge in [0.15, 0.2) is 5.43 Å². The van der Waals surface area contributed by atoms with E-state index in [1.165, 1.54) is 32.2 Å². The molecule has 2 atom stereocenters. The summed E-state index contributed by atoms with van der Waals surface area (Å²) in [6.07, 6.45) is 5.11. The van der Waals surface area contributed by atoms with Crippen LogP contribution in [0, 0.1) is 6.92 Å².